The van der Waals surface area contributed by atoms with Crippen molar-refractivity contribution in [1.29, 1.82) is 0 Å². The molecule has 210 valence electrons. The van der Waals surface area contributed by atoms with E-state index >= 15 is 0 Å². The third-order valence-electron chi connectivity index (χ3n) is 5.73. The molecule has 0 fully saturated rings. The Hall–Kier alpha value is -1.94. The van der Waals surface area contributed by atoms with E-state index in [1.54, 1.807) is 0 Å². The van der Waals surface area contributed by atoms with E-state index in [1.165, 1.54) is 33.4 Å². The Labute approximate surface area is 259 Å². The molecule has 2 aromatic carbocycles. The molecule has 0 atom stereocenters. The monoisotopic (exact) mass is 693 g/mol. The molecule has 4 heteroatoms. The van der Waals surface area contributed by atoms with Crippen LogP contribution >= 0.6 is 0 Å². The second kappa shape index (κ2) is 17.7. The van der Waals surface area contributed by atoms with Crippen molar-refractivity contribution in [2.45, 2.75) is 81.6 Å². The minimum atomic E-state index is -0.283. The Bertz CT molecular complexity index is 1000. The molecule has 0 aliphatic rings. The van der Waals surface area contributed by atoms with E-state index < -0.39 is 0 Å². The van der Waals surface area contributed by atoms with E-state index in [0.29, 0.717) is 24.9 Å². The smallest absolute Gasteiger partial charge is 0.683 e. The molecular formula is C35H51HfN3. The quantitative estimate of drug-likeness (QED) is 0.180. The second-order valence-electron chi connectivity index (χ2n) is 11.7. The first kappa shape index (κ1) is 37.1. The SMILES string of the molecule is Cc1cc(C)c([N-]CC(C)(C[N-]c2c(C)cc(C)cc2C)c2ccccn2)c(C)c1.[CH2-]C(C)C.[CH2-]C(C)C.[Hf+4]. The Morgan fingerprint density at radius 2 is 1.03 bits per heavy atom. The predicted molar refractivity (Wildman–Crippen MR) is 169 cm³/mol. The van der Waals surface area contributed by atoms with Gasteiger partial charge >= 0.3 is 25.8 Å². The van der Waals surface area contributed by atoms with Crippen LogP contribution in [0.4, 0.5) is 11.4 Å². The molecule has 0 bridgehead atoms. The van der Waals surface area contributed by atoms with Crippen LogP contribution in [0.5, 0.6) is 0 Å². The number of benzene rings is 2. The maximum absolute atomic E-state index is 5.07. The Morgan fingerprint density at radius 3 is 1.31 bits per heavy atom. The van der Waals surface area contributed by atoms with Gasteiger partial charge in [0.05, 0.1) is 0 Å². The summed E-state index contributed by atoms with van der Waals surface area (Å²) in [5.41, 5.74) is 10.4. The Kier molecular flexibility index (Phi) is 16.8. The first-order valence-corrected chi connectivity index (χ1v) is 13.7. The van der Waals surface area contributed by atoms with Gasteiger partial charge in [-0.15, -0.1) is 24.5 Å². The topological polar surface area (TPSA) is 41.1 Å². The van der Waals surface area contributed by atoms with Crippen molar-refractivity contribution in [2.24, 2.45) is 11.8 Å². The van der Waals surface area contributed by atoms with Gasteiger partial charge in [0.2, 0.25) is 0 Å². The van der Waals surface area contributed by atoms with Crippen LogP contribution in [0.25, 0.3) is 10.6 Å². The van der Waals surface area contributed by atoms with Crippen molar-refractivity contribution in [1.82, 2.24) is 4.98 Å². The van der Waals surface area contributed by atoms with Gasteiger partial charge in [-0.3, -0.25) is 4.98 Å². The van der Waals surface area contributed by atoms with E-state index in [-0.39, 0.29) is 31.3 Å². The molecule has 3 nitrogen and oxygen atoms in total. The van der Waals surface area contributed by atoms with Crippen LogP contribution in [0, 0.1) is 67.2 Å². The normalized spacial score (nSPS) is 10.6. The summed E-state index contributed by atoms with van der Waals surface area (Å²) in [5.74, 6) is 1.17. The minimum absolute atomic E-state index is 0. The summed E-state index contributed by atoms with van der Waals surface area (Å²) in [7, 11) is 0. The molecule has 3 rings (SSSR count). The zero-order valence-corrected chi connectivity index (χ0v) is 30.0. The van der Waals surface area contributed by atoms with E-state index in [4.69, 9.17) is 10.6 Å². The molecular weight excluding hydrogens is 641 g/mol. The number of pyridine rings is 1. The molecule has 0 saturated heterocycles. The van der Waals surface area contributed by atoms with Crippen molar-refractivity contribution in [2.75, 3.05) is 13.1 Å². The van der Waals surface area contributed by atoms with E-state index in [1.807, 2.05) is 18.3 Å². The average molecular weight is 692 g/mol. The third kappa shape index (κ3) is 13.3. The Morgan fingerprint density at radius 1 is 0.692 bits per heavy atom. The van der Waals surface area contributed by atoms with Gasteiger partial charge in [0.25, 0.3) is 0 Å². The molecule has 39 heavy (non-hydrogen) atoms. The summed E-state index contributed by atoms with van der Waals surface area (Å²) in [4.78, 5) is 4.67. The molecule has 0 aliphatic carbocycles. The van der Waals surface area contributed by atoms with Crippen LogP contribution in [-0.2, 0) is 31.3 Å². The van der Waals surface area contributed by atoms with Crippen molar-refractivity contribution in [3.63, 3.8) is 0 Å². The summed E-state index contributed by atoms with van der Waals surface area (Å²) in [6.45, 7) is 31.8. The van der Waals surface area contributed by atoms with Gasteiger partial charge in [-0.2, -0.15) is 11.8 Å². The van der Waals surface area contributed by atoms with Crippen molar-refractivity contribution >= 4 is 11.4 Å². The van der Waals surface area contributed by atoms with Crippen molar-refractivity contribution in [3.05, 3.63) is 112 Å². The molecule has 0 aliphatic heterocycles. The molecule has 3 aromatic rings. The molecule has 0 spiro atoms. The second-order valence-corrected chi connectivity index (χ2v) is 11.7. The standard InChI is InChI=1S/C27H33N3.2C4H9.Hf/c1-18-12-20(3)25(21(4)13-18)29-16-27(7,24-10-8-9-11-28-24)17-30-26-22(5)14-19(2)15-23(26)6;2*1-4(2)3;/h8-15H,16-17H2,1-7H3;2*4H,1H2,2-3H3;/q-2;2*-1;+4. The van der Waals surface area contributed by atoms with Crippen LogP contribution < -0.4 is 0 Å². The van der Waals surface area contributed by atoms with Gasteiger partial charge in [-0.1, -0.05) is 98.3 Å². The first-order valence-electron chi connectivity index (χ1n) is 13.7. The molecule has 1 heterocycles. The van der Waals surface area contributed by atoms with Crippen LogP contribution in [0.2, 0.25) is 0 Å². The van der Waals surface area contributed by atoms with Gasteiger partial charge < -0.3 is 24.5 Å². The molecule has 1 aromatic heterocycles. The van der Waals surface area contributed by atoms with Crippen LogP contribution in [0.1, 0.15) is 73.7 Å². The summed E-state index contributed by atoms with van der Waals surface area (Å²) in [6.07, 6.45) is 1.86. The molecule has 0 N–H and O–H groups in total. The van der Waals surface area contributed by atoms with Gasteiger partial charge in [0.15, 0.2) is 0 Å². The van der Waals surface area contributed by atoms with Crippen molar-refractivity contribution < 1.29 is 25.8 Å². The molecule has 0 amide bonds. The van der Waals surface area contributed by atoms with Gasteiger partial charge in [-0.25, -0.2) is 0 Å². The summed E-state index contributed by atoms with van der Waals surface area (Å²) in [6, 6.07) is 14.9. The number of nitrogens with zero attached hydrogens (tertiary/aromatic N) is 3. The number of rotatable bonds is 7. The predicted octanol–water partition coefficient (Wildman–Crippen LogP) is 10.6. The summed E-state index contributed by atoms with van der Waals surface area (Å²) >= 11 is 0. The molecule has 0 unspecified atom stereocenters. The largest absolute Gasteiger partial charge is 4.00 e. The number of hydrogen-bond acceptors (Lipinski definition) is 1. The van der Waals surface area contributed by atoms with Gasteiger partial charge in [0.1, 0.15) is 0 Å². The van der Waals surface area contributed by atoms with Crippen LogP contribution in [-0.4, -0.2) is 18.1 Å². The first-order chi connectivity index (χ1) is 17.7. The van der Waals surface area contributed by atoms with Gasteiger partial charge in [0, 0.05) is 11.9 Å². The van der Waals surface area contributed by atoms with Crippen LogP contribution in [0.3, 0.4) is 0 Å². The van der Waals surface area contributed by atoms with Gasteiger partial charge in [-0.05, 0) is 59.1 Å². The van der Waals surface area contributed by atoms with E-state index in [0.717, 1.165) is 17.1 Å². The molecule has 0 saturated carbocycles. The molecule has 0 radical (unpaired) electrons. The van der Waals surface area contributed by atoms with Crippen LogP contribution in [0.15, 0.2) is 48.7 Å². The van der Waals surface area contributed by atoms with E-state index in [9.17, 15) is 0 Å². The fourth-order valence-electron chi connectivity index (χ4n) is 4.28. The summed E-state index contributed by atoms with van der Waals surface area (Å²) in [5, 5.41) is 10.1. The summed E-state index contributed by atoms with van der Waals surface area (Å²) < 4.78 is 0. The fraction of sp³-hybridized carbons (Fsp3) is 0.457. The van der Waals surface area contributed by atoms with E-state index in [2.05, 4.69) is 125 Å². The average Bonchev–Trinajstić information content (AvgIpc) is 2.77. The zero-order chi connectivity index (χ0) is 29.0. The Balaban J connectivity index is 0.00000142. The minimum Gasteiger partial charge on any atom is -0.683 e. The maximum Gasteiger partial charge on any atom is 4.00 e. The number of aromatic nitrogens is 1. The fourth-order valence-corrected chi connectivity index (χ4v) is 4.28. The third-order valence-corrected chi connectivity index (χ3v) is 5.73. The number of hydrogen-bond donors (Lipinski definition) is 0. The zero-order valence-electron chi connectivity index (χ0n) is 26.4. The van der Waals surface area contributed by atoms with Crippen molar-refractivity contribution in [3.8, 4) is 0 Å². The maximum atomic E-state index is 5.07. The number of aryl methyl sites for hydroxylation is 6.